The second kappa shape index (κ2) is 10.9. The van der Waals surface area contributed by atoms with Gasteiger partial charge in [0.15, 0.2) is 0 Å². The van der Waals surface area contributed by atoms with Crippen molar-refractivity contribution in [1.29, 1.82) is 0 Å². The van der Waals surface area contributed by atoms with Gasteiger partial charge >= 0.3 is 0 Å². The molecule has 0 atom stereocenters. The first-order chi connectivity index (χ1) is 6.41. The molecule has 0 aliphatic heterocycles. The highest BCUT2D eigenvalue weighted by atomic mass is 16.1. The zero-order valence-electron chi connectivity index (χ0n) is 8.28. The molecule has 0 saturated carbocycles. The van der Waals surface area contributed by atoms with Gasteiger partial charge in [-0.3, -0.25) is 0 Å². The number of aldehydes is 1. The molecule has 13 heavy (non-hydrogen) atoms. The third-order valence-electron chi connectivity index (χ3n) is 1.60. The highest BCUT2D eigenvalue weighted by molar-refractivity contribution is 5.48. The molecule has 0 rings (SSSR count). The zero-order valence-corrected chi connectivity index (χ0v) is 8.28. The lowest BCUT2D eigenvalue weighted by atomic mass is 10.2. The molecular weight excluding hydrogens is 160 g/mol. The standard InChI is InChI=1S/C12H18O/c1-2-3-4-5-6-7-8-9-10-11-12-13/h2-7,12H,8-11H2,1H3/b3-2+,5-4+,7-6?. The van der Waals surface area contributed by atoms with Crippen LogP contribution in [0.4, 0.5) is 0 Å². The maximum absolute atomic E-state index is 9.98. The minimum Gasteiger partial charge on any atom is -0.303 e. The monoisotopic (exact) mass is 178 g/mol. The minimum absolute atomic E-state index is 0.697. The van der Waals surface area contributed by atoms with Crippen molar-refractivity contribution >= 4 is 6.29 Å². The first-order valence-electron chi connectivity index (χ1n) is 4.80. The van der Waals surface area contributed by atoms with Gasteiger partial charge in [0.05, 0.1) is 0 Å². The van der Waals surface area contributed by atoms with E-state index < -0.39 is 0 Å². The van der Waals surface area contributed by atoms with E-state index in [2.05, 4.69) is 6.08 Å². The van der Waals surface area contributed by atoms with Crippen molar-refractivity contribution in [3.8, 4) is 0 Å². The van der Waals surface area contributed by atoms with Crippen LogP contribution in [0.25, 0.3) is 0 Å². The Labute approximate surface area is 80.8 Å². The smallest absolute Gasteiger partial charge is 0.119 e. The molecule has 0 aromatic carbocycles. The van der Waals surface area contributed by atoms with Crippen LogP contribution in [0.1, 0.15) is 32.6 Å². The van der Waals surface area contributed by atoms with Gasteiger partial charge in [0.25, 0.3) is 0 Å². The van der Waals surface area contributed by atoms with Gasteiger partial charge in [-0.15, -0.1) is 0 Å². The minimum atomic E-state index is 0.697. The highest BCUT2D eigenvalue weighted by Gasteiger charge is 1.82. The fourth-order valence-electron chi connectivity index (χ4n) is 0.904. The molecule has 0 aromatic heterocycles. The van der Waals surface area contributed by atoms with Crippen LogP contribution in [0, 0.1) is 0 Å². The lowest BCUT2D eigenvalue weighted by Gasteiger charge is -1.89. The van der Waals surface area contributed by atoms with Crippen LogP contribution in [-0.4, -0.2) is 6.29 Å². The molecule has 0 aliphatic carbocycles. The molecule has 0 N–H and O–H groups in total. The van der Waals surface area contributed by atoms with Crippen LogP contribution in [-0.2, 0) is 4.79 Å². The van der Waals surface area contributed by atoms with Crippen molar-refractivity contribution in [3.05, 3.63) is 36.5 Å². The second-order valence-corrected chi connectivity index (χ2v) is 2.79. The van der Waals surface area contributed by atoms with E-state index in [1.54, 1.807) is 0 Å². The number of unbranched alkanes of at least 4 members (excludes halogenated alkanes) is 3. The van der Waals surface area contributed by atoms with Crippen molar-refractivity contribution in [1.82, 2.24) is 0 Å². The number of carbonyl (C=O) groups is 1. The Kier molecular flexibility index (Phi) is 9.96. The summed E-state index contributed by atoms with van der Waals surface area (Å²) in [6.45, 7) is 1.99. The average molecular weight is 178 g/mol. The van der Waals surface area contributed by atoms with E-state index in [0.29, 0.717) is 6.42 Å². The van der Waals surface area contributed by atoms with Gasteiger partial charge in [0, 0.05) is 6.42 Å². The summed E-state index contributed by atoms with van der Waals surface area (Å²) >= 11 is 0. The van der Waals surface area contributed by atoms with Gasteiger partial charge in [-0.1, -0.05) is 36.5 Å². The van der Waals surface area contributed by atoms with E-state index in [-0.39, 0.29) is 0 Å². The molecule has 0 radical (unpaired) electrons. The van der Waals surface area contributed by atoms with E-state index in [1.807, 2.05) is 37.3 Å². The predicted molar refractivity (Wildman–Crippen MR) is 57.6 cm³/mol. The van der Waals surface area contributed by atoms with Crippen LogP contribution < -0.4 is 0 Å². The molecule has 0 saturated heterocycles. The van der Waals surface area contributed by atoms with Crippen LogP contribution in [0.2, 0.25) is 0 Å². The quantitative estimate of drug-likeness (QED) is 0.331. The van der Waals surface area contributed by atoms with E-state index in [0.717, 1.165) is 25.5 Å². The summed E-state index contributed by atoms with van der Waals surface area (Å²) in [6.07, 6.45) is 17.0. The third kappa shape index (κ3) is 10.9. The van der Waals surface area contributed by atoms with Gasteiger partial charge < -0.3 is 4.79 Å². The Morgan fingerprint density at radius 3 is 2.31 bits per heavy atom. The summed E-state index contributed by atoms with van der Waals surface area (Å²) in [6, 6.07) is 0. The summed E-state index contributed by atoms with van der Waals surface area (Å²) in [5.41, 5.74) is 0. The molecule has 1 heteroatoms. The summed E-state index contributed by atoms with van der Waals surface area (Å²) in [7, 11) is 0. The third-order valence-corrected chi connectivity index (χ3v) is 1.60. The molecule has 72 valence electrons. The Morgan fingerprint density at radius 1 is 0.923 bits per heavy atom. The number of allylic oxidation sites excluding steroid dienone is 6. The summed E-state index contributed by atoms with van der Waals surface area (Å²) < 4.78 is 0. The summed E-state index contributed by atoms with van der Waals surface area (Å²) in [5, 5.41) is 0. The number of rotatable bonds is 7. The normalized spacial score (nSPS) is 12.1. The topological polar surface area (TPSA) is 17.1 Å². The van der Waals surface area contributed by atoms with Crippen LogP contribution in [0.3, 0.4) is 0 Å². The molecule has 0 heterocycles. The van der Waals surface area contributed by atoms with Gasteiger partial charge in [0.1, 0.15) is 6.29 Å². The SMILES string of the molecule is C/C=C/C=C/C=CCCCCC=O. The number of hydrogen-bond acceptors (Lipinski definition) is 1. The molecule has 1 nitrogen and oxygen atoms in total. The largest absolute Gasteiger partial charge is 0.303 e. The molecular formula is C12H18O. The zero-order chi connectivity index (χ0) is 9.78. The molecule has 0 unspecified atom stereocenters. The highest BCUT2D eigenvalue weighted by Crippen LogP contribution is 1.98. The number of hydrogen-bond donors (Lipinski definition) is 0. The first kappa shape index (κ1) is 11.9. The second-order valence-electron chi connectivity index (χ2n) is 2.79. The van der Waals surface area contributed by atoms with E-state index >= 15 is 0 Å². The van der Waals surface area contributed by atoms with Gasteiger partial charge in [-0.05, 0) is 26.2 Å². The van der Waals surface area contributed by atoms with Crippen LogP contribution in [0.15, 0.2) is 36.5 Å². The Hall–Kier alpha value is -1.11. The Morgan fingerprint density at radius 2 is 1.62 bits per heavy atom. The lowest BCUT2D eigenvalue weighted by Crippen LogP contribution is -1.75. The maximum atomic E-state index is 9.98. The molecule has 0 aliphatic rings. The van der Waals surface area contributed by atoms with Gasteiger partial charge in [0.2, 0.25) is 0 Å². The van der Waals surface area contributed by atoms with Gasteiger partial charge in [-0.2, -0.15) is 0 Å². The molecule has 0 spiro atoms. The maximum Gasteiger partial charge on any atom is 0.119 e. The fraction of sp³-hybridized carbons (Fsp3) is 0.417. The fourth-order valence-corrected chi connectivity index (χ4v) is 0.904. The van der Waals surface area contributed by atoms with Crippen molar-refractivity contribution in [2.45, 2.75) is 32.6 Å². The molecule has 0 fully saturated rings. The van der Waals surface area contributed by atoms with E-state index in [4.69, 9.17) is 0 Å². The molecule has 0 bridgehead atoms. The average Bonchev–Trinajstić information content (AvgIpc) is 2.16. The van der Waals surface area contributed by atoms with E-state index in [1.165, 1.54) is 0 Å². The van der Waals surface area contributed by atoms with Crippen LogP contribution >= 0.6 is 0 Å². The molecule has 0 amide bonds. The Balaban J connectivity index is 3.26. The predicted octanol–water partition coefficient (Wildman–Crippen LogP) is 3.43. The van der Waals surface area contributed by atoms with Crippen molar-refractivity contribution < 1.29 is 4.79 Å². The van der Waals surface area contributed by atoms with Gasteiger partial charge in [-0.25, -0.2) is 0 Å². The van der Waals surface area contributed by atoms with Crippen molar-refractivity contribution in [2.75, 3.05) is 0 Å². The lowest BCUT2D eigenvalue weighted by molar-refractivity contribution is -0.107. The summed E-state index contributed by atoms with van der Waals surface area (Å²) in [5.74, 6) is 0. The Bertz CT molecular complexity index is 187. The molecule has 0 aromatic rings. The summed E-state index contributed by atoms with van der Waals surface area (Å²) in [4.78, 5) is 9.98. The van der Waals surface area contributed by atoms with Crippen molar-refractivity contribution in [3.63, 3.8) is 0 Å². The van der Waals surface area contributed by atoms with Crippen molar-refractivity contribution in [2.24, 2.45) is 0 Å². The van der Waals surface area contributed by atoms with Crippen LogP contribution in [0.5, 0.6) is 0 Å². The first-order valence-corrected chi connectivity index (χ1v) is 4.80. The van der Waals surface area contributed by atoms with E-state index in [9.17, 15) is 4.79 Å². The number of carbonyl (C=O) groups excluding carboxylic acids is 1.